The molecule has 0 spiro atoms. The van der Waals surface area contributed by atoms with E-state index in [1.807, 2.05) is 23.5 Å². The number of furan rings is 1. The number of nitrogens with zero attached hydrogens (tertiary/aromatic N) is 2. The minimum Gasteiger partial charge on any atom is -0.456 e. The van der Waals surface area contributed by atoms with Gasteiger partial charge in [-0.05, 0) is 125 Å². The summed E-state index contributed by atoms with van der Waals surface area (Å²) in [5.74, 6) is 1.72. The first-order valence-electron chi connectivity index (χ1n) is 23.5. The third kappa shape index (κ3) is 7.50. The lowest BCUT2D eigenvalue weighted by Crippen LogP contribution is -2.16. The van der Waals surface area contributed by atoms with E-state index in [-0.39, 0.29) is 0 Å². The highest BCUT2D eigenvalue weighted by molar-refractivity contribution is 7.26. The second kappa shape index (κ2) is 17.2. The summed E-state index contributed by atoms with van der Waals surface area (Å²) < 4.78 is 16.3. The average Bonchev–Trinajstić information content (AvgIpc) is 3.98. The van der Waals surface area contributed by atoms with Gasteiger partial charge in [0.05, 0.1) is 5.69 Å². The molecule has 328 valence electrons. The molecule has 0 saturated carbocycles. The molecule has 3 heterocycles. The molecular formula is C64H44N2O2S. The van der Waals surface area contributed by atoms with Crippen molar-refractivity contribution in [2.75, 3.05) is 9.80 Å². The van der Waals surface area contributed by atoms with E-state index in [1.165, 1.54) is 42.4 Å². The van der Waals surface area contributed by atoms with Gasteiger partial charge in [-0.2, -0.15) is 0 Å². The van der Waals surface area contributed by atoms with Gasteiger partial charge in [0.1, 0.15) is 16.9 Å². The molecule has 0 N–H and O–H groups in total. The summed E-state index contributed by atoms with van der Waals surface area (Å²) in [5.41, 5.74) is 15.0. The van der Waals surface area contributed by atoms with E-state index >= 15 is 0 Å². The number of allylic oxidation sites excluding steroid dienone is 1. The first-order valence-corrected chi connectivity index (χ1v) is 24.3. The Morgan fingerprint density at radius 3 is 1.86 bits per heavy atom. The second-order valence-electron chi connectivity index (χ2n) is 17.7. The van der Waals surface area contributed by atoms with Crippen LogP contribution in [0.4, 0.5) is 34.1 Å². The maximum Gasteiger partial charge on any atom is 0.155 e. The first-order chi connectivity index (χ1) is 34.2. The lowest BCUT2D eigenvalue weighted by atomic mass is 9.92. The van der Waals surface area contributed by atoms with Crippen LogP contribution < -0.4 is 14.5 Å². The molecule has 10 aromatic carbocycles. The lowest BCUT2D eigenvalue weighted by Gasteiger charge is -2.33. The highest BCUT2D eigenvalue weighted by atomic mass is 32.1. The van der Waals surface area contributed by atoms with Gasteiger partial charge in [0, 0.05) is 71.4 Å². The number of hydrogen-bond acceptors (Lipinski definition) is 5. The fraction of sp³-hybridized carbons (Fsp3) is 0.0312. The van der Waals surface area contributed by atoms with Gasteiger partial charge in [-0.25, -0.2) is 0 Å². The SMILES string of the molecule is C(=C(\Cc1ccc2c(c1)Oc1c(cc(N(c3ccccc3)c3ccc4oc5ccccc5c4c3)cc1N(c1ccccc1)c1ccccc1)C2)c1ccccc1)/c1cccc2c1sc1ccccc12. The van der Waals surface area contributed by atoms with Crippen LogP contribution in [0, 0.1) is 0 Å². The molecule has 1 aliphatic heterocycles. The third-order valence-corrected chi connectivity index (χ3v) is 14.6. The Balaban J connectivity index is 0.953. The van der Waals surface area contributed by atoms with Gasteiger partial charge >= 0.3 is 0 Å². The van der Waals surface area contributed by atoms with E-state index in [9.17, 15) is 0 Å². The fourth-order valence-electron chi connectivity index (χ4n) is 10.1. The number of rotatable bonds is 10. The van der Waals surface area contributed by atoms with Crippen molar-refractivity contribution in [2.45, 2.75) is 12.8 Å². The molecule has 2 aromatic heterocycles. The van der Waals surface area contributed by atoms with E-state index in [4.69, 9.17) is 9.15 Å². The van der Waals surface area contributed by atoms with Crippen molar-refractivity contribution in [3.05, 3.63) is 264 Å². The molecule has 13 rings (SSSR count). The van der Waals surface area contributed by atoms with Crippen molar-refractivity contribution < 1.29 is 9.15 Å². The normalized spacial score (nSPS) is 12.3. The summed E-state index contributed by atoms with van der Waals surface area (Å²) in [5, 5.41) is 4.78. The van der Waals surface area contributed by atoms with Crippen LogP contribution in [0.1, 0.15) is 27.8 Å². The standard InChI is InChI=1S/C64H44N2O2S/c1-5-18-44(19-6-1)47(39-46-20-17-29-56-55-28-14-16-31-62(55)69-64(46)56)36-43-32-33-45-38-48-40-53(42-58(63(48)68-61(45)37-43)66(50-23-9-3-10-24-50)51-25-11-4-12-26-51)65(49-21-7-2-8-22-49)52-34-35-60-57(41-52)54-27-13-15-30-59(54)67-60/h1-35,37,39-42H,36,38H2/b47-39-. The maximum atomic E-state index is 7.32. The van der Waals surface area contributed by atoms with Crippen LogP contribution in [-0.2, 0) is 12.8 Å². The Bertz CT molecular complexity index is 3840. The van der Waals surface area contributed by atoms with E-state index in [1.54, 1.807) is 0 Å². The molecule has 0 radical (unpaired) electrons. The smallest absolute Gasteiger partial charge is 0.155 e. The summed E-state index contributed by atoms with van der Waals surface area (Å²) in [6, 6.07) is 84.3. The molecule has 4 nitrogen and oxygen atoms in total. The van der Waals surface area contributed by atoms with Crippen molar-refractivity contribution in [2.24, 2.45) is 0 Å². The highest BCUT2D eigenvalue weighted by Crippen LogP contribution is 2.51. The zero-order valence-electron chi connectivity index (χ0n) is 37.6. The molecule has 12 aromatic rings. The Labute approximate surface area is 404 Å². The average molecular weight is 905 g/mol. The zero-order chi connectivity index (χ0) is 45.7. The molecule has 0 amide bonds. The Morgan fingerprint density at radius 1 is 0.464 bits per heavy atom. The van der Waals surface area contributed by atoms with Gasteiger partial charge < -0.3 is 19.0 Å². The monoisotopic (exact) mass is 904 g/mol. The third-order valence-electron chi connectivity index (χ3n) is 13.3. The van der Waals surface area contributed by atoms with Gasteiger partial charge in [0.25, 0.3) is 0 Å². The number of benzene rings is 10. The van der Waals surface area contributed by atoms with Gasteiger partial charge in [0.15, 0.2) is 5.75 Å². The van der Waals surface area contributed by atoms with Crippen LogP contribution in [0.5, 0.6) is 11.5 Å². The van der Waals surface area contributed by atoms with Crippen LogP contribution in [-0.4, -0.2) is 0 Å². The summed E-state index contributed by atoms with van der Waals surface area (Å²) >= 11 is 1.87. The maximum absolute atomic E-state index is 7.32. The largest absolute Gasteiger partial charge is 0.456 e. The zero-order valence-corrected chi connectivity index (χ0v) is 38.4. The molecule has 0 atom stereocenters. The summed E-state index contributed by atoms with van der Waals surface area (Å²) in [6.45, 7) is 0. The number of ether oxygens (including phenoxy) is 1. The molecule has 1 aliphatic rings. The Hall–Kier alpha value is -8.64. The molecule has 0 fully saturated rings. The van der Waals surface area contributed by atoms with Crippen molar-refractivity contribution in [1.29, 1.82) is 0 Å². The molecule has 5 heteroatoms. The van der Waals surface area contributed by atoms with Crippen molar-refractivity contribution in [3.63, 3.8) is 0 Å². The van der Waals surface area contributed by atoms with E-state index in [0.29, 0.717) is 6.42 Å². The molecule has 0 unspecified atom stereocenters. The number of anilines is 6. The summed E-state index contributed by atoms with van der Waals surface area (Å²) in [7, 11) is 0. The van der Waals surface area contributed by atoms with Crippen LogP contribution >= 0.6 is 11.3 Å². The highest BCUT2D eigenvalue weighted by Gasteiger charge is 2.28. The van der Waals surface area contributed by atoms with Crippen LogP contribution in [0.25, 0.3) is 53.8 Å². The van der Waals surface area contributed by atoms with Crippen molar-refractivity contribution in [1.82, 2.24) is 0 Å². The number of fused-ring (bicyclic) bond motifs is 8. The van der Waals surface area contributed by atoms with E-state index in [0.717, 1.165) is 85.1 Å². The molecule has 0 saturated heterocycles. The topological polar surface area (TPSA) is 28.9 Å². The Kier molecular flexibility index (Phi) is 10.1. The molecule has 0 bridgehead atoms. The van der Waals surface area contributed by atoms with Crippen molar-refractivity contribution in [3.8, 4) is 11.5 Å². The minimum absolute atomic E-state index is 0.701. The van der Waals surface area contributed by atoms with E-state index in [2.05, 4.69) is 240 Å². The first kappa shape index (κ1) is 40.6. The number of para-hydroxylation sites is 4. The Morgan fingerprint density at radius 2 is 1.10 bits per heavy atom. The predicted molar refractivity (Wildman–Crippen MR) is 290 cm³/mol. The van der Waals surface area contributed by atoms with Crippen LogP contribution in [0.3, 0.4) is 0 Å². The summed E-state index contributed by atoms with van der Waals surface area (Å²) in [4.78, 5) is 4.69. The summed E-state index contributed by atoms with van der Waals surface area (Å²) in [6.07, 6.45) is 3.83. The molecule has 69 heavy (non-hydrogen) atoms. The lowest BCUT2D eigenvalue weighted by molar-refractivity contribution is 0.460. The fourth-order valence-corrected chi connectivity index (χ4v) is 11.3. The predicted octanol–water partition coefficient (Wildman–Crippen LogP) is 18.4. The quantitative estimate of drug-likeness (QED) is 0.128. The second-order valence-corrected chi connectivity index (χ2v) is 18.7. The van der Waals surface area contributed by atoms with Gasteiger partial charge in [-0.3, -0.25) is 0 Å². The van der Waals surface area contributed by atoms with Gasteiger partial charge in [0.2, 0.25) is 0 Å². The minimum atomic E-state index is 0.701. The van der Waals surface area contributed by atoms with Crippen molar-refractivity contribution >= 4 is 99.2 Å². The molecule has 0 aliphatic carbocycles. The number of thiophene rings is 1. The van der Waals surface area contributed by atoms with E-state index < -0.39 is 0 Å². The van der Waals surface area contributed by atoms with Gasteiger partial charge in [-0.1, -0.05) is 152 Å². The van der Waals surface area contributed by atoms with Gasteiger partial charge in [-0.15, -0.1) is 11.3 Å². The van der Waals surface area contributed by atoms with Crippen LogP contribution in [0.2, 0.25) is 0 Å². The van der Waals surface area contributed by atoms with Crippen LogP contribution in [0.15, 0.2) is 241 Å². The number of hydrogen-bond donors (Lipinski definition) is 0. The molecular weight excluding hydrogens is 861 g/mol.